The highest BCUT2D eigenvalue weighted by atomic mass is 19.1. The molecule has 212 valence electrons. The maximum absolute atomic E-state index is 15.4. The molecular weight excluding hydrogens is 491 g/mol. The van der Waals surface area contributed by atoms with Crippen molar-refractivity contribution >= 4 is 17.8 Å². The number of Topliss-reactive ketones (excluding diaryl/α,β-unsaturated/α-hetero) is 1. The van der Waals surface area contributed by atoms with E-state index in [9.17, 15) is 19.8 Å². The zero-order valence-corrected chi connectivity index (χ0v) is 23.2. The number of carbonyl (C=O) groups excluding carboxylic acids is 2. The summed E-state index contributed by atoms with van der Waals surface area (Å²) >= 11 is 0. The van der Waals surface area contributed by atoms with Crippen molar-refractivity contribution < 1.29 is 33.3 Å². The van der Waals surface area contributed by atoms with Crippen LogP contribution in [0, 0.1) is 24.2 Å². The van der Waals surface area contributed by atoms with Crippen LogP contribution in [0.15, 0.2) is 29.2 Å². The third-order valence-corrected chi connectivity index (χ3v) is 8.27. The van der Waals surface area contributed by atoms with Gasteiger partial charge in [-0.25, -0.2) is 9.37 Å². The van der Waals surface area contributed by atoms with Gasteiger partial charge in [-0.15, -0.1) is 6.58 Å². The Labute approximate surface area is 224 Å². The highest BCUT2D eigenvalue weighted by Gasteiger charge is 2.53. The van der Waals surface area contributed by atoms with Crippen molar-refractivity contribution in [2.24, 2.45) is 17.3 Å². The number of amides is 1. The van der Waals surface area contributed by atoms with E-state index in [1.165, 1.54) is 12.3 Å². The summed E-state index contributed by atoms with van der Waals surface area (Å²) in [5.74, 6) is -1.95. The van der Waals surface area contributed by atoms with Crippen molar-refractivity contribution in [2.45, 2.75) is 110 Å². The van der Waals surface area contributed by atoms with Crippen molar-refractivity contribution in [1.82, 2.24) is 10.3 Å². The van der Waals surface area contributed by atoms with E-state index in [1.54, 1.807) is 26.8 Å². The fraction of sp³-hybridized carbons (Fsp3) is 0.690. The Morgan fingerprint density at radius 2 is 2.03 bits per heavy atom. The molecule has 3 rings (SSSR count). The number of aromatic nitrogens is 1. The lowest BCUT2D eigenvalue weighted by Crippen LogP contribution is -2.48. The average Bonchev–Trinajstić information content (AvgIpc) is 3.29. The van der Waals surface area contributed by atoms with Gasteiger partial charge < -0.3 is 24.7 Å². The third kappa shape index (κ3) is 7.18. The van der Waals surface area contributed by atoms with E-state index >= 15 is 4.39 Å². The number of fused-ring (bicyclic) bond motifs is 1. The number of hydrogen-bond donors (Lipinski definition) is 3. The van der Waals surface area contributed by atoms with Crippen LogP contribution in [0.2, 0.25) is 0 Å². The van der Waals surface area contributed by atoms with Crippen LogP contribution < -0.4 is 5.32 Å². The van der Waals surface area contributed by atoms with Gasteiger partial charge in [0.2, 0.25) is 5.91 Å². The first-order valence-corrected chi connectivity index (χ1v) is 13.6. The topological polar surface area (TPSA) is 125 Å². The molecule has 0 saturated carbocycles. The minimum atomic E-state index is -1.33. The Kier molecular flexibility index (Phi) is 9.71. The maximum Gasteiger partial charge on any atom is 0.223 e. The van der Waals surface area contributed by atoms with Gasteiger partial charge >= 0.3 is 0 Å². The number of epoxide rings is 1. The second kappa shape index (κ2) is 12.2. The van der Waals surface area contributed by atoms with Gasteiger partial charge in [0.15, 0.2) is 5.89 Å². The maximum atomic E-state index is 15.4. The van der Waals surface area contributed by atoms with Gasteiger partial charge in [0.25, 0.3) is 0 Å². The lowest BCUT2D eigenvalue weighted by molar-refractivity contribution is -0.144. The molecule has 9 heteroatoms. The van der Waals surface area contributed by atoms with Crippen molar-refractivity contribution in [3.63, 3.8) is 0 Å². The van der Waals surface area contributed by atoms with Crippen LogP contribution in [-0.4, -0.2) is 56.8 Å². The molecule has 2 aliphatic rings. The largest absolute Gasteiger partial charge is 0.449 e. The number of nitrogens with zero attached hydrogens (tertiary/aromatic N) is 1. The molecular formula is C29H43FN2O6. The number of ether oxygens (including phenoxy) is 1. The molecule has 0 aromatic carbocycles. The summed E-state index contributed by atoms with van der Waals surface area (Å²) in [6.07, 6.45) is 4.69. The summed E-state index contributed by atoms with van der Waals surface area (Å²) in [6.45, 7) is 12.5. The van der Waals surface area contributed by atoms with Crippen LogP contribution in [-0.2, 0) is 14.3 Å². The first kappa shape index (κ1) is 30.2. The number of hydrogen-bond acceptors (Lipinski definition) is 7. The Bertz CT molecular complexity index is 1040. The number of aryl methyl sites for hydroxylation is 1. The third-order valence-electron chi connectivity index (χ3n) is 8.27. The fourth-order valence-electron chi connectivity index (χ4n) is 5.37. The van der Waals surface area contributed by atoms with E-state index in [0.717, 1.165) is 6.42 Å². The number of carbonyl (C=O) groups is 2. The molecule has 3 N–H and O–H groups in total. The second-order valence-electron chi connectivity index (χ2n) is 11.7. The van der Waals surface area contributed by atoms with Gasteiger partial charge in [-0.05, 0) is 38.5 Å². The van der Waals surface area contributed by atoms with Crippen molar-refractivity contribution in [3.8, 4) is 0 Å². The molecule has 3 heterocycles. The Morgan fingerprint density at radius 3 is 2.66 bits per heavy atom. The van der Waals surface area contributed by atoms with Gasteiger partial charge in [-0.2, -0.15) is 0 Å². The zero-order chi connectivity index (χ0) is 28.3. The molecule has 2 aliphatic heterocycles. The van der Waals surface area contributed by atoms with Crippen LogP contribution in [0.5, 0.6) is 0 Å². The van der Waals surface area contributed by atoms with E-state index in [-0.39, 0.29) is 24.2 Å². The van der Waals surface area contributed by atoms with Crippen molar-refractivity contribution in [3.05, 3.63) is 36.3 Å². The normalized spacial score (nSPS) is 35.3. The summed E-state index contributed by atoms with van der Waals surface area (Å²) in [6, 6.07) is -0.994. The van der Waals surface area contributed by atoms with Gasteiger partial charge in [-0.1, -0.05) is 33.3 Å². The van der Waals surface area contributed by atoms with Crippen LogP contribution in [0.1, 0.15) is 84.2 Å². The van der Waals surface area contributed by atoms with Gasteiger partial charge in [-0.3, -0.25) is 9.59 Å². The molecule has 2 saturated heterocycles. The Hall–Kier alpha value is -2.36. The molecule has 7 atom stereocenters. The number of ketones is 1. The SMILES string of the molecule is C=CCC[C@H]1C(=O)C(C)(C)[C@@H](O)CC(=O)N[C@H](C(F)=Cc2coc(C)n2)C[C@@H]2OC2(C)CCC[C@H](C)[C@H]1O. The highest BCUT2D eigenvalue weighted by Crippen LogP contribution is 2.44. The molecule has 1 aromatic rings. The minimum Gasteiger partial charge on any atom is -0.449 e. The summed E-state index contributed by atoms with van der Waals surface area (Å²) in [5, 5.41) is 24.9. The smallest absolute Gasteiger partial charge is 0.223 e. The van der Waals surface area contributed by atoms with E-state index in [0.29, 0.717) is 37.3 Å². The number of aliphatic hydroxyl groups excluding tert-OH is 2. The summed E-state index contributed by atoms with van der Waals surface area (Å²) in [5.41, 5.74) is -1.47. The number of oxazole rings is 1. The van der Waals surface area contributed by atoms with Gasteiger partial charge in [0, 0.05) is 25.3 Å². The zero-order valence-electron chi connectivity index (χ0n) is 23.2. The lowest BCUT2D eigenvalue weighted by Gasteiger charge is -2.36. The molecule has 8 nitrogen and oxygen atoms in total. The van der Waals surface area contributed by atoms with Gasteiger partial charge in [0.1, 0.15) is 23.6 Å². The van der Waals surface area contributed by atoms with Crippen LogP contribution in [0.4, 0.5) is 4.39 Å². The standard InChI is InChI=1S/C29H43FN2O6/c1-7-8-11-20-26(35)17(2)10-9-12-29(6)24(38-29)14-22(21(30)13-19-16-37-18(3)31-19)32-25(34)15-23(33)28(4,5)27(20)36/h7,13,16-17,20,22-24,26,33,35H,1,8-12,14-15H2,2-6H3,(H,32,34)/t17-,20+,22-,23-,24-,26+,29?/m0/s1. The van der Waals surface area contributed by atoms with Crippen molar-refractivity contribution in [1.29, 1.82) is 0 Å². The predicted molar refractivity (Wildman–Crippen MR) is 142 cm³/mol. The lowest BCUT2D eigenvalue weighted by atomic mass is 9.71. The molecule has 38 heavy (non-hydrogen) atoms. The molecule has 1 amide bonds. The molecule has 0 aliphatic carbocycles. The highest BCUT2D eigenvalue weighted by molar-refractivity contribution is 5.88. The summed E-state index contributed by atoms with van der Waals surface area (Å²) < 4.78 is 26.5. The average molecular weight is 535 g/mol. The first-order chi connectivity index (χ1) is 17.8. The van der Waals surface area contributed by atoms with Crippen molar-refractivity contribution in [2.75, 3.05) is 0 Å². The molecule has 2 fully saturated rings. The fourth-order valence-corrected chi connectivity index (χ4v) is 5.37. The summed E-state index contributed by atoms with van der Waals surface area (Å²) in [7, 11) is 0. The Balaban J connectivity index is 1.88. The second-order valence-corrected chi connectivity index (χ2v) is 11.7. The number of allylic oxidation sites excluding steroid dienone is 1. The number of halogens is 1. The number of rotatable bonds is 5. The molecule has 0 bridgehead atoms. The molecule has 0 spiro atoms. The van der Waals surface area contributed by atoms with Gasteiger partial charge in [0.05, 0.1) is 41.8 Å². The predicted octanol–water partition coefficient (Wildman–Crippen LogP) is 4.44. The van der Waals surface area contributed by atoms with E-state index < -0.39 is 53.3 Å². The van der Waals surface area contributed by atoms with E-state index in [4.69, 9.17) is 9.15 Å². The van der Waals surface area contributed by atoms with E-state index in [2.05, 4.69) is 16.9 Å². The van der Waals surface area contributed by atoms with Crippen LogP contribution in [0.25, 0.3) is 6.08 Å². The Morgan fingerprint density at radius 1 is 1.32 bits per heavy atom. The number of nitrogens with one attached hydrogen (secondary N) is 1. The molecule has 1 unspecified atom stereocenters. The van der Waals surface area contributed by atoms with E-state index in [1.807, 2.05) is 13.8 Å². The monoisotopic (exact) mass is 534 g/mol. The first-order valence-electron chi connectivity index (χ1n) is 13.6. The minimum absolute atomic E-state index is 0.155. The van der Waals surface area contributed by atoms with Crippen LogP contribution in [0.3, 0.4) is 0 Å². The molecule has 1 aromatic heterocycles. The molecule has 0 radical (unpaired) electrons. The quantitative estimate of drug-likeness (QED) is 0.377. The number of aliphatic hydroxyl groups is 2. The van der Waals surface area contributed by atoms with Crippen LogP contribution >= 0.6 is 0 Å². The summed E-state index contributed by atoms with van der Waals surface area (Å²) in [4.78, 5) is 30.7.